The second kappa shape index (κ2) is 10.1. The Bertz CT molecular complexity index is 613. The van der Waals surface area contributed by atoms with Crippen LogP contribution in [0.1, 0.15) is 20.3 Å². The molecule has 1 aliphatic heterocycles. The Morgan fingerprint density at radius 3 is 2.48 bits per heavy atom. The Morgan fingerprint density at radius 2 is 1.89 bits per heavy atom. The minimum Gasteiger partial charge on any atom is -0.377 e. The Kier molecular flexibility index (Phi) is 7.78. The van der Waals surface area contributed by atoms with Gasteiger partial charge in [-0.25, -0.2) is 9.97 Å². The number of carbonyl (C=O) groups excluding carboxylic acids is 1. The van der Waals surface area contributed by atoms with Gasteiger partial charge in [0, 0.05) is 72.2 Å². The van der Waals surface area contributed by atoms with Crippen LogP contribution in [0.4, 0.5) is 5.95 Å². The van der Waals surface area contributed by atoms with E-state index in [-0.39, 0.29) is 11.5 Å². The van der Waals surface area contributed by atoms with Gasteiger partial charge in [-0.05, 0) is 19.9 Å². The summed E-state index contributed by atoms with van der Waals surface area (Å²) in [5, 5.41) is 6.38. The molecule has 0 bridgehead atoms. The summed E-state index contributed by atoms with van der Waals surface area (Å²) < 4.78 is 5.38. The molecule has 1 aromatic rings. The maximum absolute atomic E-state index is 12.4. The largest absolute Gasteiger partial charge is 0.377 e. The topological polar surface area (TPSA) is 95.0 Å². The molecule has 150 valence electrons. The number of nitrogens with zero attached hydrogens (tertiary/aromatic N) is 5. The number of rotatable bonds is 7. The molecule has 2 N–H and O–H groups in total. The molecule has 9 heteroatoms. The first-order chi connectivity index (χ1) is 12.9. The van der Waals surface area contributed by atoms with E-state index in [1.54, 1.807) is 32.6 Å². The third kappa shape index (κ3) is 6.67. The lowest BCUT2D eigenvalue weighted by Crippen LogP contribution is -2.50. The van der Waals surface area contributed by atoms with Crippen LogP contribution in [0.15, 0.2) is 23.5 Å². The zero-order chi connectivity index (χ0) is 19.7. The Balaban J connectivity index is 1.69. The van der Waals surface area contributed by atoms with Gasteiger partial charge in [-0.1, -0.05) is 0 Å². The molecule has 0 radical (unpaired) electrons. The maximum Gasteiger partial charge on any atom is 0.225 e. The van der Waals surface area contributed by atoms with Crippen LogP contribution >= 0.6 is 0 Å². The summed E-state index contributed by atoms with van der Waals surface area (Å²) in [5.74, 6) is 1.53. The second-order valence-corrected chi connectivity index (χ2v) is 6.98. The van der Waals surface area contributed by atoms with E-state index in [1.165, 1.54) is 0 Å². The van der Waals surface area contributed by atoms with Gasteiger partial charge < -0.3 is 25.2 Å². The fourth-order valence-electron chi connectivity index (χ4n) is 2.65. The van der Waals surface area contributed by atoms with Crippen molar-refractivity contribution < 1.29 is 9.53 Å². The summed E-state index contributed by atoms with van der Waals surface area (Å²) in [6, 6.07) is 1.80. The predicted molar refractivity (Wildman–Crippen MR) is 106 cm³/mol. The van der Waals surface area contributed by atoms with Crippen LogP contribution in [-0.4, -0.2) is 85.8 Å². The zero-order valence-electron chi connectivity index (χ0n) is 16.7. The lowest BCUT2D eigenvalue weighted by atomic mass is 10.1. The van der Waals surface area contributed by atoms with Gasteiger partial charge in [0.1, 0.15) is 0 Å². The van der Waals surface area contributed by atoms with Crippen LogP contribution in [0.5, 0.6) is 0 Å². The molecule has 0 saturated carbocycles. The van der Waals surface area contributed by atoms with E-state index in [4.69, 9.17) is 4.74 Å². The number of aliphatic imine (C=N–C) groups is 1. The lowest BCUT2D eigenvalue weighted by molar-refractivity contribution is -0.131. The molecule has 2 heterocycles. The summed E-state index contributed by atoms with van der Waals surface area (Å²) in [6.45, 7) is 8.03. The molecule has 0 unspecified atom stereocenters. The highest BCUT2D eigenvalue weighted by Gasteiger charge is 2.22. The van der Waals surface area contributed by atoms with Gasteiger partial charge in [0.15, 0.2) is 5.96 Å². The summed E-state index contributed by atoms with van der Waals surface area (Å²) in [5.41, 5.74) is -0.282. The summed E-state index contributed by atoms with van der Waals surface area (Å²) in [4.78, 5) is 29.1. The van der Waals surface area contributed by atoms with Crippen molar-refractivity contribution in [3.05, 3.63) is 18.5 Å². The maximum atomic E-state index is 12.4. The highest BCUT2D eigenvalue weighted by atomic mass is 16.5. The SMILES string of the molecule is CN=C(NCCC(=O)N1CCN(c2ncccn2)CC1)NCC(C)(C)OC. The van der Waals surface area contributed by atoms with E-state index >= 15 is 0 Å². The average Bonchev–Trinajstić information content (AvgIpc) is 2.71. The third-order valence-electron chi connectivity index (χ3n) is 4.56. The number of amides is 1. The van der Waals surface area contributed by atoms with Crippen molar-refractivity contribution >= 4 is 17.8 Å². The molecule has 1 saturated heterocycles. The summed E-state index contributed by atoms with van der Waals surface area (Å²) >= 11 is 0. The van der Waals surface area contributed by atoms with Gasteiger partial charge in [-0.2, -0.15) is 0 Å². The van der Waals surface area contributed by atoms with Gasteiger partial charge in [0.25, 0.3) is 0 Å². The van der Waals surface area contributed by atoms with Crippen LogP contribution in [-0.2, 0) is 9.53 Å². The van der Waals surface area contributed by atoms with Gasteiger partial charge >= 0.3 is 0 Å². The van der Waals surface area contributed by atoms with E-state index < -0.39 is 0 Å². The molecule has 1 amide bonds. The third-order valence-corrected chi connectivity index (χ3v) is 4.56. The quantitative estimate of drug-likeness (QED) is 0.514. The van der Waals surface area contributed by atoms with Crippen molar-refractivity contribution in [1.29, 1.82) is 0 Å². The summed E-state index contributed by atoms with van der Waals surface area (Å²) in [6.07, 6.45) is 3.90. The van der Waals surface area contributed by atoms with E-state index in [0.29, 0.717) is 38.6 Å². The van der Waals surface area contributed by atoms with Gasteiger partial charge in [0.05, 0.1) is 5.60 Å². The molecule has 0 aliphatic carbocycles. The first kappa shape index (κ1) is 20.9. The first-order valence-electron chi connectivity index (χ1n) is 9.24. The molecule has 1 aromatic heterocycles. The monoisotopic (exact) mass is 377 g/mol. The summed E-state index contributed by atoms with van der Waals surface area (Å²) in [7, 11) is 3.39. The number of methoxy groups -OCH3 is 1. The Morgan fingerprint density at radius 1 is 1.22 bits per heavy atom. The van der Waals surface area contributed by atoms with E-state index in [1.807, 2.05) is 18.7 Å². The number of hydrogen-bond acceptors (Lipinski definition) is 6. The number of nitrogens with one attached hydrogen (secondary N) is 2. The highest BCUT2D eigenvalue weighted by molar-refractivity contribution is 5.81. The van der Waals surface area contributed by atoms with Crippen LogP contribution in [0.2, 0.25) is 0 Å². The van der Waals surface area contributed by atoms with Crippen molar-refractivity contribution in [2.75, 3.05) is 58.3 Å². The van der Waals surface area contributed by atoms with Crippen LogP contribution in [0.3, 0.4) is 0 Å². The average molecular weight is 377 g/mol. The fraction of sp³-hybridized carbons (Fsp3) is 0.667. The van der Waals surface area contributed by atoms with Crippen molar-refractivity contribution in [3.63, 3.8) is 0 Å². The second-order valence-electron chi connectivity index (χ2n) is 6.98. The molecule has 27 heavy (non-hydrogen) atoms. The van der Waals surface area contributed by atoms with E-state index in [2.05, 4.69) is 30.5 Å². The Hall–Kier alpha value is -2.42. The number of carbonyl (C=O) groups is 1. The minimum atomic E-state index is -0.282. The van der Waals surface area contributed by atoms with Gasteiger partial charge in [-0.3, -0.25) is 9.79 Å². The lowest BCUT2D eigenvalue weighted by Gasteiger charge is -2.34. The van der Waals surface area contributed by atoms with Crippen molar-refractivity contribution in [3.8, 4) is 0 Å². The highest BCUT2D eigenvalue weighted by Crippen LogP contribution is 2.10. The van der Waals surface area contributed by atoms with E-state index in [9.17, 15) is 4.79 Å². The number of hydrogen-bond donors (Lipinski definition) is 2. The molecule has 0 spiro atoms. The molecular formula is C18H31N7O2. The molecule has 0 atom stereocenters. The molecule has 1 aliphatic rings. The van der Waals surface area contributed by atoms with Crippen molar-refractivity contribution in [2.24, 2.45) is 4.99 Å². The van der Waals surface area contributed by atoms with Gasteiger partial charge in [-0.15, -0.1) is 0 Å². The van der Waals surface area contributed by atoms with Crippen LogP contribution in [0, 0.1) is 0 Å². The Labute approximate surface area is 161 Å². The number of ether oxygens (including phenoxy) is 1. The fourth-order valence-corrected chi connectivity index (χ4v) is 2.65. The molecule has 0 aromatic carbocycles. The smallest absolute Gasteiger partial charge is 0.225 e. The number of piperazine rings is 1. The minimum absolute atomic E-state index is 0.142. The zero-order valence-corrected chi connectivity index (χ0v) is 16.7. The number of guanidine groups is 1. The molecular weight excluding hydrogens is 346 g/mol. The molecule has 9 nitrogen and oxygen atoms in total. The predicted octanol–water partition coefficient (Wildman–Crippen LogP) is 0.105. The van der Waals surface area contributed by atoms with Crippen LogP contribution < -0.4 is 15.5 Å². The van der Waals surface area contributed by atoms with Gasteiger partial charge in [0.2, 0.25) is 11.9 Å². The van der Waals surface area contributed by atoms with Crippen molar-refractivity contribution in [2.45, 2.75) is 25.9 Å². The standard InChI is InChI=1S/C18H31N7O2/c1-18(2,27-4)14-23-16(19-3)20-9-6-15(26)24-10-12-25(13-11-24)17-21-7-5-8-22-17/h5,7-8H,6,9-14H2,1-4H3,(H2,19,20,23). The van der Waals surface area contributed by atoms with E-state index in [0.717, 1.165) is 19.0 Å². The molecule has 1 fully saturated rings. The van der Waals surface area contributed by atoms with Crippen molar-refractivity contribution in [1.82, 2.24) is 25.5 Å². The first-order valence-corrected chi connectivity index (χ1v) is 9.24. The normalized spacial score (nSPS) is 15.6. The van der Waals surface area contributed by atoms with Crippen LogP contribution in [0.25, 0.3) is 0 Å². The molecule has 2 rings (SSSR count). The number of anilines is 1. The number of aromatic nitrogens is 2.